The molecule has 4 aromatic rings. The van der Waals surface area contributed by atoms with Gasteiger partial charge in [-0.2, -0.15) is 5.10 Å². The fourth-order valence-electron chi connectivity index (χ4n) is 3.17. The quantitative estimate of drug-likeness (QED) is 0.469. The van der Waals surface area contributed by atoms with Crippen molar-refractivity contribution in [1.29, 1.82) is 0 Å². The number of amides is 1. The minimum Gasteiger partial charge on any atom is -0.394 e. The Hall–Kier alpha value is -2.77. The number of rotatable bonds is 5. The smallest absolute Gasteiger partial charge is 0.254 e. The molecule has 0 bridgehead atoms. The van der Waals surface area contributed by atoms with Crippen molar-refractivity contribution < 1.29 is 14.3 Å². The number of fused-ring (bicyclic) bond motifs is 2. The predicted octanol–water partition coefficient (Wildman–Crippen LogP) is 4.33. The van der Waals surface area contributed by atoms with Crippen molar-refractivity contribution in [3.63, 3.8) is 0 Å². The molecule has 2 aromatic heterocycles. The van der Waals surface area contributed by atoms with E-state index in [-0.39, 0.29) is 18.1 Å². The first-order valence-electron chi connectivity index (χ1n) is 9.06. The van der Waals surface area contributed by atoms with Gasteiger partial charge in [-0.15, -0.1) is 11.3 Å². The maximum Gasteiger partial charge on any atom is 0.254 e. The van der Waals surface area contributed by atoms with E-state index in [0.717, 1.165) is 15.0 Å². The van der Waals surface area contributed by atoms with E-state index in [1.165, 1.54) is 12.1 Å². The average Bonchev–Trinajstić information content (AvgIpc) is 3.27. The van der Waals surface area contributed by atoms with Crippen molar-refractivity contribution in [2.24, 2.45) is 5.92 Å². The fraction of sp³-hybridized carbons (Fsp3) is 0.238. The number of carbonyl (C=O) groups is 1. The summed E-state index contributed by atoms with van der Waals surface area (Å²) in [6, 6.07) is 12.4. The number of aliphatic hydroxyl groups is 1. The van der Waals surface area contributed by atoms with Crippen LogP contribution in [0.4, 0.5) is 4.39 Å². The molecule has 4 rings (SSSR count). The molecule has 0 saturated heterocycles. The summed E-state index contributed by atoms with van der Waals surface area (Å²) in [4.78, 5) is 13.5. The van der Waals surface area contributed by atoms with Crippen LogP contribution in [-0.2, 0) is 0 Å². The Morgan fingerprint density at radius 2 is 2.07 bits per heavy atom. The molecule has 3 N–H and O–H groups in total. The van der Waals surface area contributed by atoms with Gasteiger partial charge in [-0.25, -0.2) is 4.39 Å². The molecule has 0 aliphatic rings. The van der Waals surface area contributed by atoms with E-state index in [2.05, 4.69) is 15.5 Å². The Kier molecular flexibility index (Phi) is 4.87. The molecule has 0 fully saturated rings. The molecule has 0 saturated carbocycles. The van der Waals surface area contributed by atoms with Gasteiger partial charge in [-0.05, 0) is 29.5 Å². The number of nitrogens with one attached hydrogen (secondary N) is 2. The van der Waals surface area contributed by atoms with Gasteiger partial charge in [0.25, 0.3) is 5.91 Å². The molecule has 2 aromatic carbocycles. The molecule has 0 unspecified atom stereocenters. The van der Waals surface area contributed by atoms with Gasteiger partial charge in [0.2, 0.25) is 0 Å². The first-order valence-corrected chi connectivity index (χ1v) is 9.88. The molecule has 144 valence electrons. The molecular formula is C21H20FN3O2S. The van der Waals surface area contributed by atoms with Gasteiger partial charge in [0.05, 0.1) is 28.6 Å². The second kappa shape index (κ2) is 7.33. The van der Waals surface area contributed by atoms with Crippen molar-refractivity contribution in [3.8, 4) is 10.6 Å². The lowest BCUT2D eigenvalue weighted by Crippen LogP contribution is -2.41. The highest BCUT2D eigenvalue weighted by Gasteiger charge is 2.21. The third-order valence-corrected chi connectivity index (χ3v) is 5.99. The van der Waals surface area contributed by atoms with E-state index in [4.69, 9.17) is 0 Å². The molecule has 2 heterocycles. The number of H-pyrrole nitrogens is 1. The predicted molar refractivity (Wildman–Crippen MR) is 110 cm³/mol. The summed E-state index contributed by atoms with van der Waals surface area (Å²) in [6.45, 7) is 3.57. The Bertz CT molecular complexity index is 1130. The van der Waals surface area contributed by atoms with Gasteiger partial charge in [0.15, 0.2) is 0 Å². The largest absolute Gasteiger partial charge is 0.394 e. The third kappa shape index (κ3) is 3.27. The zero-order valence-electron chi connectivity index (χ0n) is 15.5. The highest BCUT2D eigenvalue weighted by Crippen LogP contribution is 2.36. The van der Waals surface area contributed by atoms with E-state index in [9.17, 15) is 14.3 Å². The first-order chi connectivity index (χ1) is 13.5. The molecule has 0 aliphatic carbocycles. The Balaban J connectivity index is 1.76. The van der Waals surface area contributed by atoms with Crippen LogP contribution in [0.2, 0.25) is 0 Å². The molecule has 0 radical (unpaired) electrons. The van der Waals surface area contributed by atoms with Crippen LogP contribution in [0, 0.1) is 11.7 Å². The SMILES string of the molecule is CC(C)[C@@H](CO)NC(=O)c1cc2c(-c3cc4ccccc4s3)n[nH]c2cc1F. The number of hydrogen-bond acceptors (Lipinski definition) is 4. The van der Waals surface area contributed by atoms with Crippen LogP contribution in [0.3, 0.4) is 0 Å². The van der Waals surface area contributed by atoms with Crippen molar-refractivity contribution in [1.82, 2.24) is 15.5 Å². The summed E-state index contributed by atoms with van der Waals surface area (Å²) in [6.07, 6.45) is 0. The first kappa shape index (κ1) is 18.6. The zero-order chi connectivity index (χ0) is 19.8. The number of aliphatic hydroxyl groups excluding tert-OH is 1. The van der Waals surface area contributed by atoms with Gasteiger partial charge in [0.1, 0.15) is 11.5 Å². The highest BCUT2D eigenvalue weighted by atomic mass is 32.1. The summed E-state index contributed by atoms with van der Waals surface area (Å²) in [5.41, 5.74) is 1.16. The van der Waals surface area contributed by atoms with Crippen LogP contribution in [-0.4, -0.2) is 33.9 Å². The second-order valence-electron chi connectivity index (χ2n) is 7.10. The Morgan fingerprint density at radius 1 is 1.29 bits per heavy atom. The number of hydrogen-bond donors (Lipinski definition) is 3. The summed E-state index contributed by atoms with van der Waals surface area (Å²) in [7, 11) is 0. The fourth-order valence-corrected chi connectivity index (χ4v) is 4.23. The number of nitrogens with zero attached hydrogens (tertiary/aromatic N) is 1. The zero-order valence-corrected chi connectivity index (χ0v) is 16.3. The van der Waals surface area contributed by atoms with Crippen molar-refractivity contribution >= 4 is 38.2 Å². The van der Waals surface area contributed by atoms with Crippen LogP contribution in [0.1, 0.15) is 24.2 Å². The highest BCUT2D eigenvalue weighted by molar-refractivity contribution is 7.22. The van der Waals surface area contributed by atoms with Crippen LogP contribution in [0.15, 0.2) is 42.5 Å². The van der Waals surface area contributed by atoms with E-state index < -0.39 is 17.8 Å². The number of halogens is 1. The van der Waals surface area contributed by atoms with Crippen molar-refractivity contribution in [2.45, 2.75) is 19.9 Å². The number of benzene rings is 2. The molecule has 1 amide bonds. The number of thiophene rings is 1. The molecule has 0 spiro atoms. The topological polar surface area (TPSA) is 78.0 Å². The number of carbonyl (C=O) groups excluding carboxylic acids is 1. The lowest BCUT2D eigenvalue weighted by molar-refractivity contribution is 0.0893. The van der Waals surface area contributed by atoms with Gasteiger partial charge in [0, 0.05) is 16.2 Å². The Morgan fingerprint density at radius 3 is 2.79 bits per heavy atom. The van der Waals surface area contributed by atoms with Crippen molar-refractivity contribution in [3.05, 3.63) is 53.8 Å². The second-order valence-corrected chi connectivity index (χ2v) is 8.19. The van der Waals surface area contributed by atoms with E-state index >= 15 is 0 Å². The number of aromatic nitrogens is 2. The summed E-state index contributed by atoms with van der Waals surface area (Å²) < 4.78 is 15.7. The lowest BCUT2D eigenvalue weighted by Gasteiger charge is -2.20. The maximum atomic E-state index is 14.5. The standard InChI is InChI=1S/C21H20FN3O2S/c1-11(2)17(10-26)23-21(27)13-8-14-16(9-15(13)22)24-25-20(14)19-7-12-5-3-4-6-18(12)28-19/h3-9,11,17,26H,10H2,1-2H3,(H,23,27)(H,24,25)/t17-/m1/s1. The third-order valence-electron chi connectivity index (χ3n) is 4.87. The molecular weight excluding hydrogens is 377 g/mol. The normalized spacial score (nSPS) is 12.8. The van der Waals surface area contributed by atoms with Gasteiger partial charge < -0.3 is 10.4 Å². The molecule has 1 atom stereocenters. The minimum absolute atomic E-state index is 0.0313. The van der Waals surface area contributed by atoms with Gasteiger partial charge in [-0.1, -0.05) is 32.0 Å². The van der Waals surface area contributed by atoms with Crippen LogP contribution in [0.5, 0.6) is 0 Å². The van der Waals surface area contributed by atoms with Crippen molar-refractivity contribution in [2.75, 3.05) is 6.61 Å². The van der Waals surface area contributed by atoms with Gasteiger partial charge >= 0.3 is 0 Å². The molecule has 0 aliphatic heterocycles. The van der Waals surface area contributed by atoms with E-state index in [1.807, 2.05) is 44.2 Å². The summed E-state index contributed by atoms with van der Waals surface area (Å²) >= 11 is 1.60. The molecule has 28 heavy (non-hydrogen) atoms. The maximum absolute atomic E-state index is 14.5. The van der Waals surface area contributed by atoms with E-state index in [0.29, 0.717) is 16.6 Å². The van der Waals surface area contributed by atoms with Crippen LogP contribution < -0.4 is 5.32 Å². The van der Waals surface area contributed by atoms with Crippen LogP contribution in [0.25, 0.3) is 31.6 Å². The Labute approximate surface area is 165 Å². The van der Waals surface area contributed by atoms with E-state index in [1.54, 1.807) is 11.3 Å². The minimum atomic E-state index is -0.628. The monoisotopic (exact) mass is 397 g/mol. The molecule has 7 heteroatoms. The lowest BCUT2D eigenvalue weighted by atomic mass is 10.0. The summed E-state index contributed by atoms with van der Waals surface area (Å²) in [5, 5.41) is 21.1. The average molecular weight is 397 g/mol. The van der Waals surface area contributed by atoms with Crippen LogP contribution >= 0.6 is 11.3 Å². The number of aromatic amines is 1. The molecule has 5 nitrogen and oxygen atoms in total. The van der Waals surface area contributed by atoms with Gasteiger partial charge in [-0.3, -0.25) is 9.89 Å². The summed E-state index contributed by atoms with van der Waals surface area (Å²) in [5.74, 6) is -1.14.